The molecule has 0 saturated carbocycles. The Balaban J connectivity index is 2.01. The largest absolute Gasteiger partial charge is 0.351 e. The minimum atomic E-state index is -3.76. The van der Waals surface area contributed by atoms with Crippen molar-refractivity contribution in [1.82, 2.24) is 10.0 Å². The number of benzene rings is 2. The first-order valence-corrected chi connectivity index (χ1v) is 12.0. The van der Waals surface area contributed by atoms with Crippen LogP contribution < -0.4 is 10.0 Å². The number of hydrogen-bond acceptors (Lipinski definition) is 4. The predicted molar refractivity (Wildman–Crippen MR) is 118 cm³/mol. The Morgan fingerprint density at radius 1 is 1.14 bits per heavy atom. The molecule has 1 amide bonds. The number of rotatable bonds is 10. The normalized spacial score (nSPS) is 12.8. The molecule has 2 aromatic rings. The maximum absolute atomic E-state index is 12.5. The molecule has 5 nitrogen and oxygen atoms in total. The molecular formula is C20H23ClN2O3S2. The second-order valence-electron chi connectivity index (χ2n) is 6.05. The first kappa shape index (κ1) is 22.5. The van der Waals surface area contributed by atoms with E-state index < -0.39 is 16.1 Å². The topological polar surface area (TPSA) is 75.3 Å². The van der Waals surface area contributed by atoms with Gasteiger partial charge >= 0.3 is 0 Å². The maximum atomic E-state index is 12.5. The third-order valence-electron chi connectivity index (χ3n) is 3.85. The fourth-order valence-corrected chi connectivity index (χ4v) is 4.00. The number of amides is 1. The van der Waals surface area contributed by atoms with Crippen molar-refractivity contribution in [3.63, 3.8) is 0 Å². The second-order valence-corrected chi connectivity index (χ2v) is 9.07. The Bertz CT molecular complexity index is 885. The third-order valence-corrected chi connectivity index (χ3v) is 5.86. The number of carbonyl (C=O) groups is 1. The van der Waals surface area contributed by atoms with Gasteiger partial charge in [-0.25, -0.2) is 8.42 Å². The SMILES string of the molecule is CSCCC(NS(=O)(=O)/C=C/c1ccccc1)C(=O)NCc1ccc(Cl)cc1. The van der Waals surface area contributed by atoms with E-state index in [0.29, 0.717) is 23.7 Å². The zero-order valence-corrected chi connectivity index (χ0v) is 17.9. The van der Waals surface area contributed by atoms with Crippen molar-refractivity contribution in [3.05, 3.63) is 76.2 Å². The van der Waals surface area contributed by atoms with E-state index in [-0.39, 0.29) is 5.91 Å². The van der Waals surface area contributed by atoms with Gasteiger partial charge in [0.1, 0.15) is 6.04 Å². The molecule has 0 aliphatic rings. The lowest BCUT2D eigenvalue weighted by Gasteiger charge is -2.17. The van der Waals surface area contributed by atoms with Crippen LogP contribution in [0.2, 0.25) is 5.02 Å². The van der Waals surface area contributed by atoms with E-state index in [1.807, 2.05) is 36.6 Å². The average molecular weight is 439 g/mol. The summed E-state index contributed by atoms with van der Waals surface area (Å²) in [4.78, 5) is 12.5. The summed E-state index contributed by atoms with van der Waals surface area (Å²) in [5.74, 6) is 0.296. The molecule has 8 heteroatoms. The Morgan fingerprint density at radius 2 is 1.82 bits per heavy atom. The lowest BCUT2D eigenvalue weighted by atomic mass is 10.2. The van der Waals surface area contributed by atoms with Crippen molar-refractivity contribution < 1.29 is 13.2 Å². The number of halogens is 1. The molecular weight excluding hydrogens is 416 g/mol. The summed E-state index contributed by atoms with van der Waals surface area (Å²) < 4.78 is 27.3. The molecule has 0 spiro atoms. The quantitative estimate of drug-likeness (QED) is 0.593. The highest BCUT2D eigenvalue weighted by atomic mass is 35.5. The maximum Gasteiger partial charge on any atom is 0.238 e. The van der Waals surface area contributed by atoms with E-state index in [2.05, 4.69) is 10.0 Å². The molecule has 0 aromatic heterocycles. The molecule has 150 valence electrons. The molecule has 0 fully saturated rings. The molecule has 0 heterocycles. The molecule has 0 aliphatic carbocycles. The lowest BCUT2D eigenvalue weighted by Crippen LogP contribution is -2.46. The van der Waals surface area contributed by atoms with Gasteiger partial charge < -0.3 is 5.32 Å². The van der Waals surface area contributed by atoms with Gasteiger partial charge in [-0.3, -0.25) is 4.79 Å². The third kappa shape index (κ3) is 8.06. The van der Waals surface area contributed by atoms with Crippen molar-refractivity contribution in [2.45, 2.75) is 19.0 Å². The summed E-state index contributed by atoms with van der Waals surface area (Å²) in [5, 5.41) is 4.48. The van der Waals surface area contributed by atoms with Crippen LogP contribution in [-0.4, -0.2) is 32.4 Å². The fourth-order valence-electron chi connectivity index (χ4n) is 2.36. The minimum absolute atomic E-state index is 0.299. The zero-order valence-electron chi connectivity index (χ0n) is 15.5. The van der Waals surface area contributed by atoms with Gasteiger partial charge in [0.25, 0.3) is 0 Å². The van der Waals surface area contributed by atoms with Crippen molar-refractivity contribution in [2.24, 2.45) is 0 Å². The van der Waals surface area contributed by atoms with E-state index in [4.69, 9.17) is 11.6 Å². The predicted octanol–water partition coefficient (Wildman–Crippen LogP) is 3.67. The van der Waals surface area contributed by atoms with Gasteiger partial charge in [0.2, 0.25) is 15.9 Å². The van der Waals surface area contributed by atoms with E-state index in [0.717, 1.165) is 16.5 Å². The van der Waals surface area contributed by atoms with Crippen molar-refractivity contribution in [3.8, 4) is 0 Å². The highest BCUT2D eigenvalue weighted by Crippen LogP contribution is 2.10. The minimum Gasteiger partial charge on any atom is -0.351 e. The number of nitrogens with one attached hydrogen (secondary N) is 2. The first-order chi connectivity index (χ1) is 13.4. The standard InChI is InChI=1S/C20H23ClN2O3S2/c1-27-13-11-19(20(24)22-15-17-7-9-18(21)10-8-17)23-28(25,26)14-12-16-5-3-2-4-6-16/h2-10,12,14,19,23H,11,13,15H2,1H3,(H,22,24)/b14-12+. The number of hydrogen-bond donors (Lipinski definition) is 2. The van der Waals surface area contributed by atoms with Gasteiger partial charge in [0.15, 0.2) is 0 Å². The van der Waals surface area contributed by atoms with Gasteiger partial charge in [-0.1, -0.05) is 54.1 Å². The van der Waals surface area contributed by atoms with Crippen LogP contribution in [-0.2, 0) is 21.4 Å². The van der Waals surface area contributed by atoms with Crippen LogP contribution in [0.1, 0.15) is 17.5 Å². The van der Waals surface area contributed by atoms with Crippen LogP contribution in [0.25, 0.3) is 6.08 Å². The molecule has 28 heavy (non-hydrogen) atoms. The molecule has 0 bridgehead atoms. The molecule has 0 aliphatic heterocycles. The Morgan fingerprint density at radius 3 is 2.46 bits per heavy atom. The van der Waals surface area contributed by atoms with Gasteiger partial charge in [0.05, 0.1) is 0 Å². The molecule has 2 aromatic carbocycles. The monoisotopic (exact) mass is 438 g/mol. The van der Waals surface area contributed by atoms with Crippen LogP contribution in [0, 0.1) is 0 Å². The van der Waals surface area contributed by atoms with Gasteiger partial charge in [0, 0.05) is 17.0 Å². The van der Waals surface area contributed by atoms with Crippen LogP contribution >= 0.6 is 23.4 Å². The summed E-state index contributed by atoms with van der Waals surface area (Å²) in [6, 6.07) is 15.4. The van der Waals surface area contributed by atoms with Gasteiger partial charge in [-0.15, -0.1) is 0 Å². The summed E-state index contributed by atoms with van der Waals surface area (Å²) >= 11 is 7.41. The molecule has 0 radical (unpaired) electrons. The Labute approximate surface area is 175 Å². The first-order valence-electron chi connectivity index (χ1n) is 8.66. The molecule has 0 saturated heterocycles. The van der Waals surface area contributed by atoms with Crippen molar-refractivity contribution in [2.75, 3.05) is 12.0 Å². The summed E-state index contributed by atoms with van der Waals surface area (Å²) in [6.45, 7) is 0.299. The Kier molecular flexibility index (Phi) is 9.05. The van der Waals surface area contributed by atoms with Crippen LogP contribution in [0.15, 0.2) is 60.0 Å². The summed E-state index contributed by atoms with van der Waals surface area (Å²) in [6.07, 6.45) is 3.80. The van der Waals surface area contributed by atoms with Gasteiger partial charge in [-0.2, -0.15) is 16.5 Å². The highest BCUT2D eigenvalue weighted by Gasteiger charge is 2.22. The second kappa shape index (κ2) is 11.3. The molecule has 1 unspecified atom stereocenters. The lowest BCUT2D eigenvalue weighted by molar-refractivity contribution is -0.122. The Hall–Kier alpha value is -1.80. The highest BCUT2D eigenvalue weighted by molar-refractivity contribution is 7.98. The van der Waals surface area contributed by atoms with Crippen LogP contribution in [0.5, 0.6) is 0 Å². The van der Waals surface area contributed by atoms with Gasteiger partial charge in [-0.05, 0) is 47.8 Å². The molecule has 1 atom stereocenters. The number of sulfonamides is 1. The van der Waals surface area contributed by atoms with Crippen LogP contribution in [0.3, 0.4) is 0 Å². The van der Waals surface area contributed by atoms with E-state index in [9.17, 15) is 13.2 Å². The summed E-state index contributed by atoms with van der Waals surface area (Å²) in [7, 11) is -3.76. The zero-order chi connectivity index (χ0) is 20.4. The van der Waals surface area contributed by atoms with E-state index >= 15 is 0 Å². The van der Waals surface area contributed by atoms with Crippen molar-refractivity contribution >= 4 is 45.4 Å². The smallest absolute Gasteiger partial charge is 0.238 e. The number of carbonyl (C=O) groups excluding carboxylic acids is 1. The fraction of sp³-hybridized carbons (Fsp3) is 0.250. The van der Waals surface area contributed by atoms with E-state index in [1.165, 1.54) is 6.08 Å². The van der Waals surface area contributed by atoms with E-state index in [1.54, 1.807) is 36.0 Å². The average Bonchev–Trinajstić information content (AvgIpc) is 2.70. The van der Waals surface area contributed by atoms with Crippen molar-refractivity contribution in [1.29, 1.82) is 0 Å². The molecule has 2 N–H and O–H groups in total. The number of thioether (sulfide) groups is 1. The molecule has 2 rings (SSSR count). The van der Waals surface area contributed by atoms with Crippen LogP contribution in [0.4, 0.5) is 0 Å². The summed E-state index contributed by atoms with van der Waals surface area (Å²) in [5.41, 5.74) is 1.65.